The van der Waals surface area contributed by atoms with E-state index >= 15 is 0 Å². The van der Waals surface area contributed by atoms with E-state index in [0.717, 1.165) is 0 Å². The number of nitrogens with two attached hydrogens (primary N) is 1. The zero-order valence-corrected chi connectivity index (χ0v) is 12.4. The fraction of sp³-hybridized carbons (Fsp3) is 0.667. The molecule has 1 rings (SSSR count). The molecule has 0 atom stereocenters. The predicted octanol–water partition coefficient (Wildman–Crippen LogP) is 2.32. The highest BCUT2D eigenvalue weighted by molar-refractivity contribution is 7.18. The Morgan fingerprint density at radius 3 is 2.56 bits per heavy atom. The van der Waals surface area contributed by atoms with Crippen LogP contribution in [0.15, 0.2) is 0 Å². The average Bonchev–Trinajstić information content (AvgIpc) is 2.53. The number of hydrogen-bond acceptors (Lipinski definition) is 5. The van der Waals surface area contributed by atoms with Gasteiger partial charge in [-0.2, -0.15) is 0 Å². The summed E-state index contributed by atoms with van der Waals surface area (Å²) in [5.41, 5.74) is 5.81. The molecule has 6 heteroatoms. The Labute approximate surface area is 112 Å². The van der Waals surface area contributed by atoms with Crippen LogP contribution in [0.3, 0.4) is 0 Å². The zero-order chi connectivity index (χ0) is 13.9. The molecule has 0 saturated carbocycles. The van der Waals surface area contributed by atoms with Gasteiger partial charge < -0.3 is 16.4 Å². The van der Waals surface area contributed by atoms with Crippen molar-refractivity contribution in [2.24, 2.45) is 5.41 Å². The standard InChI is InChI=1S/C12H22N4OS/c1-7(2)15-11-16-9(13)8(18-11)10(17)14-6-12(3,4)5/h7H,6,13H2,1-5H3,(H,14,17)(H,15,16). The Bertz CT molecular complexity index is 420. The second-order valence-electron chi connectivity index (χ2n) is 5.78. The first-order chi connectivity index (χ1) is 8.19. The summed E-state index contributed by atoms with van der Waals surface area (Å²) in [6, 6.07) is 0.265. The topological polar surface area (TPSA) is 80.0 Å². The van der Waals surface area contributed by atoms with Gasteiger partial charge in [-0.1, -0.05) is 32.1 Å². The quantitative estimate of drug-likeness (QED) is 0.784. The van der Waals surface area contributed by atoms with Crippen LogP contribution >= 0.6 is 11.3 Å². The van der Waals surface area contributed by atoms with Crippen LogP contribution in [0.2, 0.25) is 0 Å². The minimum atomic E-state index is -0.156. The number of carbonyl (C=O) groups is 1. The first-order valence-electron chi connectivity index (χ1n) is 6.00. The van der Waals surface area contributed by atoms with E-state index in [1.54, 1.807) is 0 Å². The summed E-state index contributed by atoms with van der Waals surface area (Å²) >= 11 is 1.29. The zero-order valence-electron chi connectivity index (χ0n) is 11.6. The molecular formula is C12H22N4OS. The third-order valence-corrected chi connectivity index (χ3v) is 3.05. The van der Waals surface area contributed by atoms with Crippen molar-refractivity contribution in [3.63, 3.8) is 0 Å². The Hall–Kier alpha value is -1.30. The van der Waals surface area contributed by atoms with Crippen molar-refractivity contribution in [2.75, 3.05) is 17.6 Å². The van der Waals surface area contributed by atoms with E-state index in [9.17, 15) is 4.79 Å². The van der Waals surface area contributed by atoms with Gasteiger partial charge in [0.05, 0.1) is 0 Å². The molecule has 5 nitrogen and oxygen atoms in total. The van der Waals surface area contributed by atoms with Crippen molar-refractivity contribution < 1.29 is 4.79 Å². The minimum absolute atomic E-state index is 0.0497. The number of anilines is 2. The lowest BCUT2D eigenvalue weighted by atomic mass is 9.97. The first kappa shape index (κ1) is 14.8. The number of carbonyl (C=O) groups excluding carboxylic acids is 1. The number of thiazole rings is 1. The van der Waals surface area contributed by atoms with Crippen LogP contribution in [0, 0.1) is 5.41 Å². The number of nitrogens with zero attached hydrogens (tertiary/aromatic N) is 1. The van der Waals surface area contributed by atoms with E-state index in [1.807, 2.05) is 13.8 Å². The van der Waals surface area contributed by atoms with Crippen molar-refractivity contribution in [1.82, 2.24) is 10.3 Å². The molecule has 18 heavy (non-hydrogen) atoms. The molecule has 0 unspecified atom stereocenters. The van der Waals surface area contributed by atoms with E-state index in [4.69, 9.17) is 5.73 Å². The maximum atomic E-state index is 12.0. The van der Waals surface area contributed by atoms with Gasteiger partial charge in [0.15, 0.2) is 5.13 Å². The van der Waals surface area contributed by atoms with E-state index in [-0.39, 0.29) is 23.2 Å². The molecule has 0 aromatic carbocycles. The molecule has 1 aromatic rings. The van der Waals surface area contributed by atoms with Gasteiger partial charge in [-0.05, 0) is 19.3 Å². The highest BCUT2D eigenvalue weighted by atomic mass is 32.1. The lowest BCUT2D eigenvalue weighted by Crippen LogP contribution is -2.32. The lowest BCUT2D eigenvalue weighted by molar-refractivity contribution is 0.0944. The van der Waals surface area contributed by atoms with Gasteiger partial charge >= 0.3 is 0 Å². The maximum Gasteiger partial charge on any atom is 0.265 e. The van der Waals surface area contributed by atoms with Crippen LogP contribution in [0.5, 0.6) is 0 Å². The number of rotatable bonds is 4. The monoisotopic (exact) mass is 270 g/mol. The Morgan fingerprint density at radius 2 is 2.06 bits per heavy atom. The molecule has 1 aromatic heterocycles. The highest BCUT2D eigenvalue weighted by Crippen LogP contribution is 2.25. The smallest absolute Gasteiger partial charge is 0.265 e. The third-order valence-electron chi connectivity index (χ3n) is 2.05. The summed E-state index contributed by atoms with van der Waals surface area (Å²) in [6.07, 6.45) is 0. The number of aromatic nitrogens is 1. The van der Waals surface area contributed by atoms with Crippen LogP contribution < -0.4 is 16.4 Å². The van der Waals surface area contributed by atoms with Gasteiger partial charge in [-0.15, -0.1) is 0 Å². The van der Waals surface area contributed by atoms with Gasteiger partial charge in [0, 0.05) is 12.6 Å². The first-order valence-corrected chi connectivity index (χ1v) is 6.82. The SMILES string of the molecule is CC(C)Nc1nc(N)c(C(=O)NCC(C)(C)C)s1. The highest BCUT2D eigenvalue weighted by Gasteiger charge is 2.18. The number of nitrogen functional groups attached to an aromatic ring is 1. The molecule has 1 amide bonds. The van der Waals surface area contributed by atoms with Crippen molar-refractivity contribution in [1.29, 1.82) is 0 Å². The second-order valence-corrected chi connectivity index (χ2v) is 6.77. The van der Waals surface area contributed by atoms with Crippen LogP contribution in [-0.4, -0.2) is 23.5 Å². The summed E-state index contributed by atoms with van der Waals surface area (Å²) in [6.45, 7) is 10.8. The molecule has 102 valence electrons. The van der Waals surface area contributed by atoms with Crippen LogP contribution in [-0.2, 0) is 0 Å². The van der Waals surface area contributed by atoms with Gasteiger partial charge in [0.2, 0.25) is 0 Å². The second kappa shape index (κ2) is 5.56. The minimum Gasteiger partial charge on any atom is -0.382 e. The van der Waals surface area contributed by atoms with Crippen molar-refractivity contribution >= 4 is 28.2 Å². The van der Waals surface area contributed by atoms with Crippen molar-refractivity contribution in [3.05, 3.63) is 4.88 Å². The summed E-state index contributed by atoms with van der Waals surface area (Å²) < 4.78 is 0. The summed E-state index contributed by atoms with van der Waals surface area (Å²) in [7, 11) is 0. The molecule has 0 saturated heterocycles. The van der Waals surface area contributed by atoms with Gasteiger partial charge in [0.1, 0.15) is 10.7 Å². The van der Waals surface area contributed by atoms with Crippen molar-refractivity contribution in [2.45, 2.75) is 40.7 Å². The molecule has 0 aliphatic heterocycles. The molecule has 0 spiro atoms. The van der Waals surface area contributed by atoms with Crippen molar-refractivity contribution in [3.8, 4) is 0 Å². The molecule has 0 bridgehead atoms. The van der Waals surface area contributed by atoms with Crippen LogP contribution in [0.1, 0.15) is 44.3 Å². The van der Waals surface area contributed by atoms with Gasteiger partial charge in [-0.3, -0.25) is 4.79 Å². The molecule has 0 radical (unpaired) electrons. The summed E-state index contributed by atoms with van der Waals surface area (Å²) in [5.74, 6) is 0.131. The number of hydrogen-bond donors (Lipinski definition) is 3. The fourth-order valence-electron chi connectivity index (χ4n) is 1.23. The molecule has 0 fully saturated rings. The molecular weight excluding hydrogens is 248 g/mol. The number of nitrogens with one attached hydrogen (secondary N) is 2. The molecule has 1 heterocycles. The Kier molecular flexibility index (Phi) is 4.56. The van der Waals surface area contributed by atoms with E-state index < -0.39 is 0 Å². The molecule has 0 aliphatic rings. The Balaban J connectivity index is 2.71. The predicted molar refractivity (Wildman–Crippen MR) is 77.1 cm³/mol. The Morgan fingerprint density at radius 1 is 1.44 bits per heavy atom. The van der Waals surface area contributed by atoms with Gasteiger partial charge in [-0.25, -0.2) is 4.98 Å². The average molecular weight is 270 g/mol. The van der Waals surface area contributed by atoms with Crippen LogP contribution in [0.4, 0.5) is 10.9 Å². The van der Waals surface area contributed by atoms with E-state index in [0.29, 0.717) is 16.6 Å². The lowest BCUT2D eigenvalue weighted by Gasteiger charge is -2.18. The summed E-state index contributed by atoms with van der Waals surface area (Å²) in [5, 5.41) is 6.69. The largest absolute Gasteiger partial charge is 0.382 e. The fourth-order valence-corrected chi connectivity index (χ4v) is 2.18. The van der Waals surface area contributed by atoms with E-state index in [1.165, 1.54) is 11.3 Å². The van der Waals surface area contributed by atoms with Crippen LogP contribution in [0.25, 0.3) is 0 Å². The third kappa shape index (κ3) is 4.52. The summed E-state index contributed by atoms with van der Waals surface area (Å²) in [4.78, 5) is 16.6. The number of amides is 1. The molecule has 0 aliphatic carbocycles. The normalized spacial score (nSPS) is 11.7. The van der Waals surface area contributed by atoms with Gasteiger partial charge in [0.25, 0.3) is 5.91 Å². The maximum absolute atomic E-state index is 12.0. The molecule has 4 N–H and O–H groups in total. The van der Waals surface area contributed by atoms with E-state index in [2.05, 4.69) is 36.4 Å².